The monoisotopic (exact) mass is 370 g/mol. The van der Waals surface area contributed by atoms with Crippen LogP contribution in [0.3, 0.4) is 0 Å². The molecular formula is C22H30N2O3. The zero-order valence-electron chi connectivity index (χ0n) is 16.7. The van der Waals surface area contributed by atoms with E-state index in [1.807, 2.05) is 45.0 Å². The molecule has 1 N–H and O–H groups in total. The summed E-state index contributed by atoms with van der Waals surface area (Å²) in [5, 5.41) is 4.00. The van der Waals surface area contributed by atoms with Crippen molar-refractivity contribution < 1.29 is 14.3 Å². The Kier molecular flexibility index (Phi) is 6.00. The number of ether oxygens (including phenoxy) is 2. The van der Waals surface area contributed by atoms with Crippen LogP contribution in [0.15, 0.2) is 30.5 Å². The number of carbonyl (C=O) groups excluding carboxylic acids is 1. The number of hydrogen-bond donors (Lipinski definition) is 1. The van der Waals surface area contributed by atoms with E-state index in [1.165, 1.54) is 0 Å². The van der Waals surface area contributed by atoms with Crippen LogP contribution < -0.4 is 10.1 Å². The van der Waals surface area contributed by atoms with Crippen LogP contribution >= 0.6 is 0 Å². The van der Waals surface area contributed by atoms with E-state index in [-0.39, 0.29) is 12.0 Å². The number of rotatable bonds is 6. The van der Waals surface area contributed by atoms with Crippen molar-refractivity contribution in [1.29, 1.82) is 0 Å². The number of aromatic nitrogens is 1. The molecule has 1 saturated carbocycles. The molecule has 1 heterocycles. The summed E-state index contributed by atoms with van der Waals surface area (Å²) in [4.78, 5) is 17.7. The molecule has 2 aromatic rings. The van der Waals surface area contributed by atoms with Gasteiger partial charge >= 0.3 is 0 Å². The molecule has 3 rings (SSSR count). The Labute approximate surface area is 161 Å². The third-order valence-electron chi connectivity index (χ3n) is 5.13. The summed E-state index contributed by atoms with van der Waals surface area (Å²) in [6.07, 6.45) is 5.49. The smallest absolute Gasteiger partial charge is 0.256 e. The summed E-state index contributed by atoms with van der Waals surface area (Å²) in [5.74, 6) is 1.15. The van der Waals surface area contributed by atoms with Crippen LogP contribution in [0.4, 0.5) is 5.69 Å². The van der Waals surface area contributed by atoms with Crippen LogP contribution in [0.25, 0.3) is 10.9 Å². The average molecular weight is 370 g/mol. The van der Waals surface area contributed by atoms with Gasteiger partial charge in [0.05, 0.1) is 11.8 Å². The van der Waals surface area contributed by atoms with Gasteiger partial charge in [-0.3, -0.25) is 9.78 Å². The van der Waals surface area contributed by atoms with Gasteiger partial charge in [0.15, 0.2) is 0 Å². The minimum absolute atomic E-state index is 0.0561. The number of nitrogens with zero attached hydrogens (tertiary/aromatic N) is 1. The summed E-state index contributed by atoms with van der Waals surface area (Å²) in [6.45, 7) is 8.65. The van der Waals surface area contributed by atoms with Gasteiger partial charge in [0.2, 0.25) is 0 Å². The second kappa shape index (κ2) is 8.26. The van der Waals surface area contributed by atoms with E-state index < -0.39 is 5.60 Å². The zero-order chi connectivity index (χ0) is 19.4. The van der Waals surface area contributed by atoms with E-state index in [9.17, 15) is 4.79 Å². The van der Waals surface area contributed by atoms with Crippen LogP contribution in [0.1, 0.15) is 53.4 Å². The average Bonchev–Trinajstić information content (AvgIpc) is 2.63. The van der Waals surface area contributed by atoms with Gasteiger partial charge in [-0.1, -0.05) is 13.3 Å². The predicted molar refractivity (Wildman–Crippen MR) is 108 cm³/mol. The summed E-state index contributed by atoms with van der Waals surface area (Å²) >= 11 is 0. The lowest BCUT2D eigenvalue weighted by Gasteiger charge is -2.38. The van der Waals surface area contributed by atoms with E-state index in [0.717, 1.165) is 48.0 Å². The van der Waals surface area contributed by atoms with Gasteiger partial charge in [-0.15, -0.1) is 0 Å². The normalized spacial score (nSPS) is 22.8. The molecule has 1 aromatic carbocycles. The highest BCUT2D eigenvalue weighted by atomic mass is 16.5. The zero-order valence-corrected chi connectivity index (χ0v) is 16.7. The fourth-order valence-electron chi connectivity index (χ4n) is 4.02. The summed E-state index contributed by atoms with van der Waals surface area (Å²) in [5.41, 5.74) is 0.761. The molecule has 1 aliphatic carbocycles. The number of fused-ring (bicyclic) bond motifs is 1. The lowest BCUT2D eigenvalue weighted by molar-refractivity contribution is -0.147. The Morgan fingerprint density at radius 2 is 2.19 bits per heavy atom. The highest BCUT2D eigenvalue weighted by molar-refractivity contribution is 6.05. The molecule has 0 unspecified atom stereocenters. The molecule has 1 aliphatic rings. The largest absolute Gasteiger partial charge is 0.489 e. The van der Waals surface area contributed by atoms with Crippen LogP contribution in [-0.4, -0.2) is 29.2 Å². The van der Waals surface area contributed by atoms with Crippen molar-refractivity contribution in [3.05, 3.63) is 30.5 Å². The Hall–Kier alpha value is -2.14. The number of benzene rings is 1. The molecule has 27 heavy (non-hydrogen) atoms. The third kappa shape index (κ3) is 4.24. The second-order valence-corrected chi connectivity index (χ2v) is 7.76. The fourth-order valence-corrected chi connectivity index (χ4v) is 4.02. The van der Waals surface area contributed by atoms with Crippen LogP contribution in [0.2, 0.25) is 0 Å². The first-order valence-corrected chi connectivity index (χ1v) is 9.95. The maximum atomic E-state index is 13.2. The quantitative estimate of drug-likeness (QED) is 0.782. The number of hydrogen-bond acceptors (Lipinski definition) is 4. The SMILES string of the molecule is CCO[C@@]1(C(=O)Nc2ccc(OC(C)C)c3ncccc23)CCC[C@@H](C)C1. The Morgan fingerprint density at radius 3 is 2.89 bits per heavy atom. The molecular weight excluding hydrogens is 340 g/mol. The minimum Gasteiger partial charge on any atom is -0.489 e. The van der Waals surface area contributed by atoms with Crippen molar-refractivity contribution in [3.63, 3.8) is 0 Å². The summed E-state index contributed by atoms with van der Waals surface area (Å²) < 4.78 is 11.9. The van der Waals surface area contributed by atoms with E-state index in [0.29, 0.717) is 12.5 Å². The number of anilines is 1. The van der Waals surface area contributed by atoms with Crippen LogP contribution in [-0.2, 0) is 9.53 Å². The highest BCUT2D eigenvalue weighted by Gasteiger charge is 2.42. The number of pyridine rings is 1. The maximum absolute atomic E-state index is 13.2. The third-order valence-corrected chi connectivity index (χ3v) is 5.13. The molecule has 5 heteroatoms. The highest BCUT2D eigenvalue weighted by Crippen LogP contribution is 2.37. The van der Waals surface area contributed by atoms with Crippen molar-refractivity contribution in [2.45, 2.75) is 65.1 Å². The van der Waals surface area contributed by atoms with Gasteiger partial charge < -0.3 is 14.8 Å². The summed E-state index contributed by atoms with van der Waals surface area (Å²) in [7, 11) is 0. The van der Waals surface area contributed by atoms with E-state index in [4.69, 9.17) is 9.47 Å². The molecule has 146 valence electrons. The molecule has 2 atom stereocenters. The molecule has 0 spiro atoms. The molecule has 5 nitrogen and oxygen atoms in total. The molecule has 0 radical (unpaired) electrons. The van der Waals surface area contributed by atoms with Gasteiger partial charge in [-0.2, -0.15) is 0 Å². The number of carbonyl (C=O) groups is 1. The lowest BCUT2D eigenvalue weighted by atomic mass is 9.78. The second-order valence-electron chi connectivity index (χ2n) is 7.76. The molecule has 0 bridgehead atoms. The van der Waals surface area contributed by atoms with Gasteiger partial charge in [0.25, 0.3) is 5.91 Å². The van der Waals surface area contributed by atoms with Crippen molar-refractivity contribution in [2.24, 2.45) is 5.92 Å². The number of nitrogens with one attached hydrogen (secondary N) is 1. The van der Waals surface area contributed by atoms with Crippen molar-refractivity contribution in [3.8, 4) is 5.75 Å². The van der Waals surface area contributed by atoms with Gasteiger partial charge in [0, 0.05) is 18.2 Å². The van der Waals surface area contributed by atoms with Crippen molar-refractivity contribution in [2.75, 3.05) is 11.9 Å². The van der Waals surface area contributed by atoms with Crippen LogP contribution in [0, 0.1) is 5.92 Å². The number of amides is 1. The van der Waals surface area contributed by atoms with Crippen molar-refractivity contribution in [1.82, 2.24) is 4.98 Å². The Morgan fingerprint density at radius 1 is 1.37 bits per heavy atom. The molecule has 1 aromatic heterocycles. The summed E-state index contributed by atoms with van der Waals surface area (Å²) in [6, 6.07) is 7.60. The van der Waals surface area contributed by atoms with E-state index >= 15 is 0 Å². The lowest BCUT2D eigenvalue weighted by Crippen LogP contribution is -2.48. The van der Waals surface area contributed by atoms with Crippen molar-refractivity contribution >= 4 is 22.5 Å². The van der Waals surface area contributed by atoms with Gasteiger partial charge in [-0.25, -0.2) is 0 Å². The topological polar surface area (TPSA) is 60.5 Å². The fraction of sp³-hybridized carbons (Fsp3) is 0.545. The minimum atomic E-state index is -0.742. The van der Waals surface area contributed by atoms with E-state index in [1.54, 1.807) is 6.20 Å². The van der Waals surface area contributed by atoms with Crippen LogP contribution in [0.5, 0.6) is 5.75 Å². The predicted octanol–water partition coefficient (Wildman–Crippen LogP) is 4.95. The van der Waals surface area contributed by atoms with Gasteiger partial charge in [-0.05, 0) is 70.2 Å². The first-order valence-electron chi connectivity index (χ1n) is 9.95. The first kappa shape index (κ1) is 19.6. The Balaban J connectivity index is 1.92. The molecule has 0 aliphatic heterocycles. The standard InChI is InChI=1S/C22H30N2O3/c1-5-26-22(12-6-8-16(4)14-22)21(25)24-18-10-11-19(27-15(2)3)20-17(18)9-7-13-23-20/h7,9-11,13,15-16H,5-6,8,12,14H2,1-4H3,(H,24,25)/t16-,22+/m1/s1. The van der Waals surface area contributed by atoms with E-state index in [2.05, 4.69) is 17.2 Å². The molecule has 0 saturated heterocycles. The Bertz CT molecular complexity index is 801. The maximum Gasteiger partial charge on any atom is 0.256 e. The molecule has 1 amide bonds. The molecule has 1 fully saturated rings. The van der Waals surface area contributed by atoms with Gasteiger partial charge in [0.1, 0.15) is 16.9 Å². The first-order chi connectivity index (χ1) is 12.9.